The number of esters is 1. The number of amidine groups is 1. The SMILES string of the molecule is CC1Oc2ccc(C(N)(CCCCCNS(C)(=O)=O)C(=O)OC(C)(C)C)cc2N=C1N. The van der Waals surface area contributed by atoms with Crippen molar-refractivity contribution in [3.8, 4) is 5.75 Å². The summed E-state index contributed by atoms with van der Waals surface area (Å²) in [6.45, 7) is 7.51. The standard InChI is InChI=1S/C21H34N4O5S/c1-14-18(22)25-16-13-15(9-10-17(16)29-14)21(23,19(26)30-20(2,3)4)11-7-6-8-12-24-31(5,27)28/h9-10,13-14,24H,6-8,11-12,23H2,1-5H3,(H2,22,25). The second kappa shape index (κ2) is 9.54. The molecule has 1 aromatic rings. The van der Waals surface area contributed by atoms with Crippen LogP contribution < -0.4 is 20.9 Å². The first-order valence-corrected chi connectivity index (χ1v) is 12.2. The molecule has 1 heterocycles. The van der Waals surface area contributed by atoms with Gasteiger partial charge in [0.1, 0.15) is 28.4 Å². The second-order valence-corrected chi connectivity index (χ2v) is 10.8. The average Bonchev–Trinajstić information content (AvgIpc) is 2.62. The number of unbranched alkanes of at least 4 members (excludes halogenated alkanes) is 2. The average molecular weight is 455 g/mol. The summed E-state index contributed by atoms with van der Waals surface area (Å²) in [7, 11) is -3.22. The lowest BCUT2D eigenvalue weighted by Gasteiger charge is -2.32. The molecular formula is C21H34N4O5S. The van der Waals surface area contributed by atoms with Gasteiger partial charge in [0.15, 0.2) is 6.10 Å². The predicted octanol–water partition coefficient (Wildman–Crippen LogP) is 2.06. The monoisotopic (exact) mass is 454 g/mol. The van der Waals surface area contributed by atoms with E-state index in [9.17, 15) is 13.2 Å². The molecular weight excluding hydrogens is 420 g/mol. The molecule has 10 heteroatoms. The van der Waals surface area contributed by atoms with E-state index >= 15 is 0 Å². The molecule has 0 saturated carbocycles. The summed E-state index contributed by atoms with van der Waals surface area (Å²) in [5.74, 6) is 0.392. The zero-order valence-electron chi connectivity index (χ0n) is 18.9. The van der Waals surface area contributed by atoms with Gasteiger partial charge in [-0.2, -0.15) is 0 Å². The van der Waals surface area contributed by atoms with Crippen LogP contribution in [0, 0.1) is 0 Å². The summed E-state index contributed by atoms with van der Waals surface area (Å²) in [5.41, 5.74) is 11.5. The Kier molecular flexibility index (Phi) is 7.72. The van der Waals surface area contributed by atoms with E-state index in [1.807, 2.05) is 6.92 Å². The fourth-order valence-corrected chi connectivity index (χ4v) is 3.67. The van der Waals surface area contributed by atoms with Crippen molar-refractivity contribution in [1.29, 1.82) is 0 Å². The number of carbonyl (C=O) groups excluding carboxylic acids is 1. The summed E-state index contributed by atoms with van der Waals surface area (Å²) in [5, 5.41) is 0. The van der Waals surface area contributed by atoms with E-state index in [-0.39, 0.29) is 6.10 Å². The molecule has 31 heavy (non-hydrogen) atoms. The Labute approximate surface area is 184 Å². The molecule has 174 valence electrons. The quantitative estimate of drug-likeness (QED) is 0.382. The van der Waals surface area contributed by atoms with Gasteiger partial charge in [-0.05, 0) is 58.2 Å². The van der Waals surface area contributed by atoms with Gasteiger partial charge in [0.25, 0.3) is 0 Å². The van der Waals surface area contributed by atoms with E-state index in [0.29, 0.717) is 55.1 Å². The molecule has 9 nitrogen and oxygen atoms in total. The molecule has 0 saturated heterocycles. The minimum atomic E-state index is -3.22. The molecule has 0 radical (unpaired) electrons. The maximum atomic E-state index is 13.1. The van der Waals surface area contributed by atoms with Crippen molar-refractivity contribution in [3.63, 3.8) is 0 Å². The maximum absolute atomic E-state index is 13.1. The zero-order chi connectivity index (χ0) is 23.4. The van der Waals surface area contributed by atoms with Crippen molar-refractivity contribution in [2.45, 2.75) is 70.6 Å². The van der Waals surface area contributed by atoms with Crippen molar-refractivity contribution in [1.82, 2.24) is 4.72 Å². The number of ether oxygens (including phenoxy) is 2. The number of aliphatic imine (C=N–C) groups is 1. The predicted molar refractivity (Wildman–Crippen MR) is 121 cm³/mol. The van der Waals surface area contributed by atoms with E-state index in [4.69, 9.17) is 20.9 Å². The Bertz CT molecular complexity index is 940. The van der Waals surface area contributed by atoms with Crippen LogP contribution in [0.3, 0.4) is 0 Å². The van der Waals surface area contributed by atoms with Crippen LogP contribution in [0.4, 0.5) is 5.69 Å². The molecule has 0 bridgehead atoms. The van der Waals surface area contributed by atoms with Gasteiger partial charge in [0.05, 0.1) is 6.26 Å². The number of nitrogens with zero attached hydrogens (tertiary/aromatic N) is 1. The normalized spacial score (nSPS) is 18.4. The van der Waals surface area contributed by atoms with Crippen molar-refractivity contribution in [2.75, 3.05) is 12.8 Å². The Morgan fingerprint density at radius 3 is 2.55 bits per heavy atom. The number of benzene rings is 1. The first-order valence-electron chi connectivity index (χ1n) is 10.3. The third-order valence-corrected chi connectivity index (χ3v) is 5.55. The van der Waals surface area contributed by atoms with Crippen molar-refractivity contribution in [3.05, 3.63) is 23.8 Å². The lowest BCUT2D eigenvalue weighted by molar-refractivity contribution is -0.162. The van der Waals surface area contributed by atoms with Gasteiger partial charge in [-0.1, -0.05) is 18.9 Å². The molecule has 1 aromatic carbocycles. The van der Waals surface area contributed by atoms with Gasteiger partial charge in [-0.25, -0.2) is 22.9 Å². The number of fused-ring (bicyclic) bond motifs is 1. The van der Waals surface area contributed by atoms with Crippen LogP contribution in [0.2, 0.25) is 0 Å². The van der Waals surface area contributed by atoms with Crippen molar-refractivity contribution >= 4 is 27.5 Å². The topological polar surface area (TPSA) is 146 Å². The maximum Gasteiger partial charge on any atom is 0.331 e. The lowest BCUT2D eigenvalue weighted by Crippen LogP contribution is -2.48. The largest absolute Gasteiger partial charge is 0.481 e. The molecule has 0 aliphatic carbocycles. The molecule has 2 atom stereocenters. The number of hydrogen-bond acceptors (Lipinski definition) is 8. The minimum absolute atomic E-state index is 0.326. The third kappa shape index (κ3) is 7.19. The number of hydrogen-bond donors (Lipinski definition) is 3. The number of carbonyl (C=O) groups is 1. The number of rotatable bonds is 9. The summed E-state index contributed by atoms with van der Waals surface area (Å²) in [4.78, 5) is 17.5. The van der Waals surface area contributed by atoms with Crippen LogP contribution in [-0.2, 0) is 25.1 Å². The van der Waals surface area contributed by atoms with E-state index in [0.717, 1.165) is 6.26 Å². The Balaban J connectivity index is 2.21. The Morgan fingerprint density at radius 2 is 1.94 bits per heavy atom. The Morgan fingerprint density at radius 1 is 1.26 bits per heavy atom. The van der Waals surface area contributed by atoms with Gasteiger partial charge in [-0.15, -0.1) is 0 Å². The van der Waals surface area contributed by atoms with Gasteiger partial charge in [0.2, 0.25) is 10.0 Å². The molecule has 0 aromatic heterocycles. The molecule has 0 spiro atoms. The van der Waals surface area contributed by atoms with E-state index < -0.39 is 27.1 Å². The summed E-state index contributed by atoms with van der Waals surface area (Å²) >= 11 is 0. The van der Waals surface area contributed by atoms with E-state index in [1.165, 1.54) is 0 Å². The van der Waals surface area contributed by atoms with E-state index in [2.05, 4.69) is 9.71 Å². The second-order valence-electron chi connectivity index (χ2n) is 8.93. The molecule has 5 N–H and O–H groups in total. The van der Waals surface area contributed by atoms with Crippen LogP contribution >= 0.6 is 0 Å². The van der Waals surface area contributed by atoms with Crippen LogP contribution in [0.1, 0.15) is 58.9 Å². The summed E-state index contributed by atoms with van der Waals surface area (Å²) in [6, 6.07) is 5.19. The summed E-state index contributed by atoms with van der Waals surface area (Å²) in [6.07, 6.45) is 3.06. The highest BCUT2D eigenvalue weighted by Crippen LogP contribution is 2.37. The highest BCUT2D eigenvalue weighted by atomic mass is 32.2. The third-order valence-electron chi connectivity index (χ3n) is 4.82. The van der Waals surface area contributed by atoms with Gasteiger partial charge in [0, 0.05) is 6.54 Å². The van der Waals surface area contributed by atoms with Gasteiger partial charge < -0.3 is 20.9 Å². The minimum Gasteiger partial charge on any atom is -0.481 e. The molecule has 2 unspecified atom stereocenters. The Hall–Kier alpha value is -2.17. The van der Waals surface area contributed by atoms with Crippen molar-refractivity contribution in [2.24, 2.45) is 16.5 Å². The van der Waals surface area contributed by atoms with E-state index in [1.54, 1.807) is 39.0 Å². The molecule has 1 aliphatic heterocycles. The molecule has 0 fully saturated rings. The fourth-order valence-electron chi connectivity index (χ4n) is 3.16. The van der Waals surface area contributed by atoms with Crippen LogP contribution in [0.5, 0.6) is 5.75 Å². The van der Waals surface area contributed by atoms with Gasteiger partial charge in [-0.3, -0.25) is 0 Å². The lowest BCUT2D eigenvalue weighted by atomic mass is 9.85. The highest BCUT2D eigenvalue weighted by Gasteiger charge is 2.40. The smallest absolute Gasteiger partial charge is 0.331 e. The van der Waals surface area contributed by atoms with Gasteiger partial charge >= 0.3 is 5.97 Å². The van der Waals surface area contributed by atoms with Crippen LogP contribution in [-0.4, -0.2) is 44.7 Å². The molecule has 2 rings (SSSR count). The number of sulfonamides is 1. The fraction of sp³-hybridized carbons (Fsp3) is 0.619. The first kappa shape index (κ1) is 25.1. The highest BCUT2D eigenvalue weighted by molar-refractivity contribution is 7.88. The molecule has 0 amide bonds. The van der Waals surface area contributed by atoms with Crippen molar-refractivity contribution < 1.29 is 22.7 Å². The van der Waals surface area contributed by atoms with Crippen LogP contribution in [0.25, 0.3) is 0 Å². The summed E-state index contributed by atoms with van der Waals surface area (Å²) < 4.78 is 36.1. The van der Waals surface area contributed by atoms with Crippen LogP contribution in [0.15, 0.2) is 23.2 Å². The molecule has 1 aliphatic rings. The number of nitrogens with two attached hydrogens (primary N) is 2. The number of nitrogens with one attached hydrogen (secondary N) is 1. The first-order chi connectivity index (χ1) is 14.2. The zero-order valence-corrected chi connectivity index (χ0v) is 19.7.